The van der Waals surface area contributed by atoms with Crippen LogP contribution in [-0.4, -0.2) is 35.9 Å². The minimum Gasteiger partial charge on any atom is -0.504 e. The van der Waals surface area contributed by atoms with E-state index in [1.807, 2.05) is 24.3 Å². The van der Waals surface area contributed by atoms with Crippen molar-refractivity contribution in [2.75, 3.05) is 20.8 Å². The fourth-order valence-electron chi connectivity index (χ4n) is 3.94. The van der Waals surface area contributed by atoms with Gasteiger partial charge in [0.1, 0.15) is 0 Å². The predicted octanol–water partition coefficient (Wildman–Crippen LogP) is 2.77. The average molecular weight is 327 g/mol. The molecule has 0 saturated carbocycles. The van der Waals surface area contributed by atoms with Crippen molar-refractivity contribution in [3.63, 3.8) is 0 Å². The van der Waals surface area contributed by atoms with Crippen LogP contribution >= 0.6 is 0 Å². The predicted molar refractivity (Wildman–Crippen MR) is 89.9 cm³/mol. The summed E-state index contributed by atoms with van der Waals surface area (Å²) in [6.07, 6.45) is 1.77. The Balaban J connectivity index is 1.75. The van der Waals surface area contributed by atoms with Crippen LogP contribution in [0, 0.1) is 0 Å². The first kappa shape index (κ1) is 15.1. The normalized spacial score (nSPS) is 19.2. The Bertz CT molecular complexity index is 802. The van der Waals surface area contributed by atoms with Gasteiger partial charge in [0.15, 0.2) is 23.0 Å². The molecule has 5 heteroatoms. The van der Waals surface area contributed by atoms with Crippen molar-refractivity contribution in [1.29, 1.82) is 0 Å². The van der Waals surface area contributed by atoms with Gasteiger partial charge in [0.2, 0.25) is 0 Å². The Morgan fingerprint density at radius 1 is 0.917 bits per heavy atom. The quantitative estimate of drug-likeness (QED) is 0.888. The van der Waals surface area contributed by atoms with Crippen LogP contribution in [0.2, 0.25) is 0 Å². The van der Waals surface area contributed by atoms with Crippen molar-refractivity contribution in [2.24, 2.45) is 0 Å². The summed E-state index contributed by atoms with van der Waals surface area (Å²) in [7, 11) is 3.14. The second-order valence-corrected chi connectivity index (χ2v) is 6.46. The van der Waals surface area contributed by atoms with Crippen LogP contribution in [0.4, 0.5) is 0 Å². The van der Waals surface area contributed by atoms with E-state index in [9.17, 15) is 10.2 Å². The van der Waals surface area contributed by atoms with Crippen molar-refractivity contribution in [3.05, 3.63) is 46.5 Å². The zero-order chi connectivity index (χ0) is 16.8. The smallest absolute Gasteiger partial charge is 0.160 e. The molecule has 0 aliphatic carbocycles. The van der Waals surface area contributed by atoms with Gasteiger partial charge < -0.3 is 19.7 Å². The van der Waals surface area contributed by atoms with Gasteiger partial charge in [0, 0.05) is 19.1 Å². The standard InChI is InChI=1S/C19H21NO4/c1-23-18-7-11-3-4-20-10-13-6-16(21)19(24-2)8-12(13)5-15(20)14(11)9-17(18)22/h6-9,15,21-22H,3-5,10H2,1-2H3/t15-/m1/s1. The summed E-state index contributed by atoms with van der Waals surface area (Å²) < 4.78 is 10.5. The Hall–Kier alpha value is -2.40. The molecule has 0 saturated heterocycles. The number of hydrogen-bond donors (Lipinski definition) is 2. The fraction of sp³-hybridized carbons (Fsp3) is 0.368. The van der Waals surface area contributed by atoms with E-state index in [1.54, 1.807) is 14.2 Å². The highest BCUT2D eigenvalue weighted by atomic mass is 16.5. The Kier molecular flexibility index (Phi) is 3.53. The van der Waals surface area contributed by atoms with Crippen molar-refractivity contribution in [1.82, 2.24) is 4.90 Å². The average Bonchev–Trinajstić information content (AvgIpc) is 2.59. The highest BCUT2D eigenvalue weighted by Gasteiger charge is 2.33. The fourth-order valence-corrected chi connectivity index (χ4v) is 3.94. The minimum absolute atomic E-state index is 0.187. The van der Waals surface area contributed by atoms with E-state index in [0.717, 1.165) is 37.1 Å². The van der Waals surface area contributed by atoms with Gasteiger partial charge in [-0.3, -0.25) is 4.90 Å². The van der Waals surface area contributed by atoms with E-state index in [2.05, 4.69) is 4.90 Å². The Morgan fingerprint density at radius 3 is 2.29 bits per heavy atom. The molecule has 0 radical (unpaired) electrons. The van der Waals surface area contributed by atoms with Gasteiger partial charge >= 0.3 is 0 Å². The molecule has 0 spiro atoms. The molecule has 126 valence electrons. The van der Waals surface area contributed by atoms with E-state index < -0.39 is 0 Å². The van der Waals surface area contributed by atoms with Gasteiger partial charge in [-0.05, 0) is 59.4 Å². The first-order valence-corrected chi connectivity index (χ1v) is 8.13. The van der Waals surface area contributed by atoms with E-state index in [0.29, 0.717) is 11.5 Å². The molecule has 5 nitrogen and oxygen atoms in total. The van der Waals surface area contributed by atoms with Crippen LogP contribution < -0.4 is 9.47 Å². The van der Waals surface area contributed by atoms with E-state index >= 15 is 0 Å². The highest BCUT2D eigenvalue weighted by molar-refractivity contribution is 5.52. The minimum atomic E-state index is 0.187. The maximum atomic E-state index is 10.2. The monoisotopic (exact) mass is 327 g/mol. The maximum absolute atomic E-state index is 10.2. The third-order valence-corrected chi connectivity index (χ3v) is 5.20. The third kappa shape index (κ3) is 2.27. The maximum Gasteiger partial charge on any atom is 0.160 e. The lowest BCUT2D eigenvalue weighted by Crippen LogP contribution is -2.39. The van der Waals surface area contributed by atoms with E-state index in [4.69, 9.17) is 9.47 Å². The molecule has 2 aliphatic heterocycles. The summed E-state index contributed by atoms with van der Waals surface area (Å²) in [6.45, 7) is 1.75. The summed E-state index contributed by atoms with van der Waals surface area (Å²) in [4.78, 5) is 2.41. The number of hydrogen-bond acceptors (Lipinski definition) is 5. The van der Waals surface area contributed by atoms with E-state index in [1.165, 1.54) is 11.1 Å². The molecule has 2 heterocycles. The van der Waals surface area contributed by atoms with E-state index in [-0.39, 0.29) is 17.5 Å². The lowest BCUT2D eigenvalue weighted by Gasteiger charge is -2.41. The molecule has 0 unspecified atom stereocenters. The van der Waals surface area contributed by atoms with Crippen LogP contribution in [0.5, 0.6) is 23.0 Å². The van der Waals surface area contributed by atoms with Crippen LogP contribution in [0.3, 0.4) is 0 Å². The van der Waals surface area contributed by atoms with Crippen molar-refractivity contribution in [3.8, 4) is 23.0 Å². The van der Waals surface area contributed by atoms with Gasteiger partial charge in [-0.2, -0.15) is 0 Å². The van der Waals surface area contributed by atoms with Gasteiger partial charge in [0.25, 0.3) is 0 Å². The molecule has 2 aromatic rings. The number of benzene rings is 2. The summed E-state index contributed by atoms with van der Waals surface area (Å²) in [5.41, 5.74) is 4.73. The van der Waals surface area contributed by atoms with Crippen molar-refractivity contribution < 1.29 is 19.7 Å². The van der Waals surface area contributed by atoms with Crippen LogP contribution in [0.15, 0.2) is 24.3 Å². The van der Waals surface area contributed by atoms with Gasteiger partial charge in [0.05, 0.1) is 14.2 Å². The molecule has 0 fully saturated rings. The molecule has 24 heavy (non-hydrogen) atoms. The molecule has 2 N–H and O–H groups in total. The number of phenols is 2. The highest BCUT2D eigenvalue weighted by Crippen LogP contribution is 2.43. The lowest BCUT2D eigenvalue weighted by molar-refractivity contribution is 0.160. The summed E-state index contributed by atoms with van der Waals surface area (Å²) >= 11 is 0. The SMILES string of the molecule is COc1cc2c(cc1O)CN1CCc3cc(OC)c(O)cc3[C@H]1C2. The number of phenolic OH excluding ortho intramolecular Hbond substituents is 2. The Morgan fingerprint density at radius 2 is 1.58 bits per heavy atom. The first-order valence-electron chi connectivity index (χ1n) is 8.13. The molecular weight excluding hydrogens is 306 g/mol. The molecular formula is C19H21NO4. The number of nitrogens with zero attached hydrogens (tertiary/aromatic N) is 1. The zero-order valence-electron chi connectivity index (χ0n) is 13.9. The first-order chi connectivity index (χ1) is 11.6. The van der Waals surface area contributed by atoms with Crippen molar-refractivity contribution in [2.45, 2.75) is 25.4 Å². The molecule has 0 amide bonds. The lowest BCUT2D eigenvalue weighted by atomic mass is 9.83. The van der Waals surface area contributed by atoms with Gasteiger partial charge in [-0.1, -0.05) is 0 Å². The van der Waals surface area contributed by atoms with Crippen molar-refractivity contribution >= 4 is 0 Å². The number of ether oxygens (including phenoxy) is 2. The number of methoxy groups -OCH3 is 2. The molecule has 1 atom stereocenters. The molecule has 0 bridgehead atoms. The zero-order valence-corrected chi connectivity index (χ0v) is 13.9. The topological polar surface area (TPSA) is 62.2 Å². The van der Waals surface area contributed by atoms with Crippen LogP contribution in [-0.2, 0) is 19.4 Å². The van der Waals surface area contributed by atoms with Crippen LogP contribution in [0.25, 0.3) is 0 Å². The van der Waals surface area contributed by atoms with Gasteiger partial charge in [-0.25, -0.2) is 0 Å². The summed E-state index contributed by atoms with van der Waals surface area (Å²) in [5.74, 6) is 1.42. The third-order valence-electron chi connectivity index (χ3n) is 5.20. The Labute approximate surface area is 141 Å². The number of rotatable bonds is 2. The molecule has 4 rings (SSSR count). The second-order valence-electron chi connectivity index (χ2n) is 6.46. The molecule has 2 aromatic carbocycles. The van der Waals surface area contributed by atoms with Crippen LogP contribution in [0.1, 0.15) is 28.3 Å². The molecule has 2 aliphatic rings. The second kappa shape index (κ2) is 5.60. The summed E-state index contributed by atoms with van der Waals surface area (Å²) in [5, 5.41) is 20.2. The van der Waals surface area contributed by atoms with Gasteiger partial charge in [-0.15, -0.1) is 0 Å². The molecule has 0 aromatic heterocycles. The largest absolute Gasteiger partial charge is 0.504 e. The number of aromatic hydroxyl groups is 2. The summed E-state index contributed by atoms with van der Waals surface area (Å²) in [6, 6.07) is 7.76. The number of fused-ring (bicyclic) bond motifs is 4.